The van der Waals surface area contributed by atoms with E-state index in [4.69, 9.17) is 0 Å². The minimum absolute atomic E-state index is 0.802. The minimum Gasteiger partial charge on any atom is -0.103 e. The van der Waals surface area contributed by atoms with E-state index in [0.29, 0.717) is 0 Å². The molecular formula is C10H18. The van der Waals surface area contributed by atoms with Crippen LogP contribution in [0.15, 0.2) is 12.7 Å². The molecule has 0 aromatic carbocycles. The van der Waals surface area contributed by atoms with Crippen LogP contribution in [0.1, 0.15) is 33.1 Å². The minimum atomic E-state index is 0.802. The first kappa shape index (κ1) is 7.84. The Morgan fingerprint density at radius 1 is 1.30 bits per heavy atom. The lowest BCUT2D eigenvalue weighted by atomic mass is 9.76. The monoisotopic (exact) mass is 138 g/mol. The van der Waals surface area contributed by atoms with E-state index in [0.717, 1.165) is 17.8 Å². The Morgan fingerprint density at radius 3 is 2.50 bits per heavy atom. The summed E-state index contributed by atoms with van der Waals surface area (Å²) in [5.41, 5.74) is 0. The van der Waals surface area contributed by atoms with Crippen molar-refractivity contribution >= 4 is 0 Å². The molecule has 58 valence electrons. The van der Waals surface area contributed by atoms with E-state index in [1.807, 2.05) is 0 Å². The van der Waals surface area contributed by atoms with Crippen molar-refractivity contribution in [3.8, 4) is 0 Å². The Bertz CT molecular complexity index is 115. The normalized spacial score (nSPS) is 41.2. The second kappa shape index (κ2) is 3.23. The van der Waals surface area contributed by atoms with Gasteiger partial charge in [0, 0.05) is 0 Å². The van der Waals surface area contributed by atoms with E-state index in [-0.39, 0.29) is 0 Å². The van der Waals surface area contributed by atoms with Gasteiger partial charge in [-0.1, -0.05) is 26.3 Å². The van der Waals surface area contributed by atoms with E-state index in [1.165, 1.54) is 19.3 Å². The molecule has 0 aromatic heterocycles. The molecule has 3 unspecified atom stereocenters. The third-order valence-electron chi connectivity index (χ3n) is 2.80. The molecule has 1 aliphatic carbocycles. The summed E-state index contributed by atoms with van der Waals surface area (Å²) in [5, 5.41) is 0. The molecular weight excluding hydrogens is 120 g/mol. The first-order valence-electron chi connectivity index (χ1n) is 4.36. The standard InChI is InChI=1S/C10H18/c1-4-10-6-5-8(2)7-9(10)3/h4,8-10H,1,5-7H2,2-3H3. The molecule has 10 heavy (non-hydrogen) atoms. The van der Waals surface area contributed by atoms with Crippen LogP contribution in [0, 0.1) is 17.8 Å². The van der Waals surface area contributed by atoms with E-state index in [2.05, 4.69) is 26.5 Å². The summed E-state index contributed by atoms with van der Waals surface area (Å²) in [6.07, 6.45) is 6.31. The maximum Gasteiger partial charge on any atom is -0.0210 e. The predicted octanol–water partition coefficient (Wildman–Crippen LogP) is 3.24. The van der Waals surface area contributed by atoms with Gasteiger partial charge in [-0.2, -0.15) is 0 Å². The fourth-order valence-corrected chi connectivity index (χ4v) is 2.04. The van der Waals surface area contributed by atoms with Gasteiger partial charge in [0.1, 0.15) is 0 Å². The second-order valence-corrected chi connectivity index (χ2v) is 3.80. The van der Waals surface area contributed by atoms with Gasteiger partial charge in [-0.25, -0.2) is 0 Å². The first-order chi connectivity index (χ1) is 4.74. The number of hydrogen-bond donors (Lipinski definition) is 0. The molecule has 1 aliphatic rings. The summed E-state index contributed by atoms with van der Waals surface area (Å²) in [6, 6.07) is 0. The van der Waals surface area contributed by atoms with Crippen molar-refractivity contribution in [3.05, 3.63) is 12.7 Å². The Kier molecular flexibility index (Phi) is 2.53. The Balaban J connectivity index is 2.43. The van der Waals surface area contributed by atoms with Crippen LogP contribution in [0.25, 0.3) is 0 Å². The molecule has 0 N–H and O–H groups in total. The van der Waals surface area contributed by atoms with Crippen molar-refractivity contribution in [2.75, 3.05) is 0 Å². The van der Waals surface area contributed by atoms with Gasteiger partial charge in [0.2, 0.25) is 0 Å². The smallest absolute Gasteiger partial charge is 0.0210 e. The zero-order valence-corrected chi connectivity index (χ0v) is 7.14. The van der Waals surface area contributed by atoms with Gasteiger partial charge in [0.25, 0.3) is 0 Å². The van der Waals surface area contributed by atoms with Crippen LogP contribution in [-0.2, 0) is 0 Å². The molecule has 1 fully saturated rings. The summed E-state index contributed by atoms with van der Waals surface area (Å²) in [7, 11) is 0. The molecule has 0 radical (unpaired) electrons. The van der Waals surface area contributed by atoms with Crippen molar-refractivity contribution in [1.29, 1.82) is 0 Å². The molecule has 0 bridgehead atoms. The van der Waals surface area contributed by atoms with Gasteiger partial charge in [0.15, 0.2) is 0 Å². The molecule has 0 nitrogen and oxygen atoms in total. The molecule has 0 heterocycles. The van der Waals surface area contributed by atoms with Crippen molar-refractivity contribution < 1.29 is 0 Å². The lowest BCUT2D eigenvalue weighted by molar-refractivity contribution is 0.243. The second-order valence-electron chi connectivity index (χ2n) is 3.80. The van der Waals surface area contributed by atoms with Crippen molar-refractivity contribution in [2.24, 2.45) is 17.8 Å². The Hall–Kier alpha value is -0.260. The van der Waals surface area contributed by atoms with Gasteiger partial charge in [-0.05, 0) is 30.6 Å². The Labute approximate surface area is 64.3 Å². The van der Waals surface area contributed by atoms with Crippen molar-refractivity contribution in [3.63, 3.8) is 0 Å². The highest BCUT2D eigenvalue weighted by atomic mass is 14.3. The molecule has 3 atom stereocenters. The lowest BCUT2D eigenvalue weighted by Gasteiger charge is -2.30. The molecule has 0 heteroatoms. The number of rotatable bonds is 1. The molecule has 0 saturated heterocycles. The molecule has 0 aromatic rings. The molecule has 1 rings (SSSR count). The zero-order valence-electron chi connectivity index (χ0n) is 7.14. The number of hydrogen-bond acceptors (Lipinski definition) is 0. The zero-order chi connectivity index (χ0) is 7.56. The molecule has 0 spiro atoms. The summed E-state index contributed by atoms with van der Waals surface area (Å²) < 4.78 is 0. The maximum atomic E-state index is 3.86. The third kappa shape index (κ3) is 1.62. The summed E-state index contributed by atoms with van der Waals surface area (Å²) in [4.78, 5) is 0. The van der Waals surface area contributed by atoms with Crippen LogP contribution in [0.2, 0.25) is 0 Å². The lowest BCUT2D eigenvalue weighted by Crippen LogP contribution is -2.19. The quantitative estimate of drug-likeness (QED) is 0.488. The summed E-state index contributed by atoms with van der Waals surface area (Å²) in [5.74, 6) is 2.63. The maximum absolute atomic E-state index is 3.86. The average molecular weight is 138 g/mol. The number of allylic oxidation sites excluding steroid dienone is 1. The first-order valence-corrected chi connectivity index (χ1v) is 4.36. The molecule has 0 aliphatic heterocycles. The van der Waals surface area contributed by atoms with Gasteiger partial charge in [-0.15, -0.1) is 6.58 Å². The van der Waals surface area contributed by atoms with Crippen LogP contribution < -0.4 is 0 Å². The highest BCUT2D eigenvalue weighted by molar-refractivity contribution is 4.87. The Morgan fingerprint density at radius 2 is 2.00 bits per heavy atom. The topological polar surface area (TPSA) is 0 Å². The van der Waals surface area contributed by atoms with E-state index in [1.54, 1.807) is 0 Å². The van der Waals surface area contributed by atoms with Crippen molar-refractivity contribution in [1.82, 2.24) is 0 Å². The van der Waals surface area contributed by atoms with Crippen molar-refractivity contribution in [2.45, 2.75) is 33.1 Å². The van der Waals surface area contributed by atoms with E-state index < -0.39 is 0 Å². The molecule has 0 amide bonds. The predicted molar refractivity (Wildman–Crippen MR) is 45.9 cm³/mol. The van der Waals surface area contributed by atoms with E-state index in [9.17, 15) is 0 Å². The largest absolute Gasteiger partial charge is 0.103 e. The van der Waals surface area contributed by atoms with Crippen LogP contribution in [-0.4, -0.2) is 0 Å². The van der Waals surface area contributed by atoms with Gasteiger partial charge in [0.05, 0.1) is 0 Å². The third-order valence-corrected chi connectivity index (χ3v) is 2.80. The van der Waals surface area contributed by atoms with Gasteiger partial charge >= 0.3 is 0 Å². The summed E-state index contributed by atoms with van der Waals surface area (Å²) in [6.45, 7) is 8.57. The van der Waals surface area contributed by atoms with Crippen LogP contribution in [0.3, 0.4) is 0 Å². The van der Waals surface area contributed by atoms with Crippen LogP contribution in [0.5, 0.6) is 0 Å². The fourth-order valence-electron chi connectivity index (χ4n) is 2.04. The van der Waals surface area contributed by atoms with Gasteiger partial charge < -0.3 is 0 Å². The highest BCUT2D eigenvalue weighted by Gasteiger charge is 2.22. The van der Waals surface area contributed by atoms with E-state index >= 15 is 0 Å². The fraction of sp³-hybridized carbons (Fsp3) is 0.800. The molecule has 1 saturated carbocycles. The van der Waals surface area contributed by atoms with Crippen LogP contribution in [0.4, 0.5) is 0 Å². The average Bonchev–Trinajstić information content (AvgIpc) is 1.88. The summed E-state index contributed by atoms with van der Waals surface area (Å²) >= 11 is 0. The van der Waals surface area contributed by atoms with Crippen LogP contribution >= 0.6 is 0 Å². The highest BCUT2D eigenvalue weighted by Crippen LogP contribution is 2.33. The van der Waals surface area contributed by atoms with Gasteiger partial charge in [-0.3, -0.25) is 0 Å². The SMILES string of the molecule is C=CC1CCC(C)CC1C.